The summed E-state index contributed by atoms with van der Waals surface area (Å²) < 4.78 is 26.2. The summed E-state index contributed by atoms with van der Waals surface area (Å²) in [5.74, 6) is 0. The minimum Gasteiger partial charge on any atom is -0.0776 e. The molecule has 0 aromatic carbocycles. The summed E-state index contributed by atoms with van der Waals surface area (Å²) in [6.07, 6.45) is 3.75. The molecule has 0 radical (unpaired) electrons. The van der Waals surface area contributed by atoms with Crippen LogP contribution in [0.4, 0.5) is 0 Å². The highest BCUT2D eigenvalue weighted by atomic mass is 13.4. The van der Waals surface area contributed by atoms with E-state index in [2.05, 4.69) is 41.5 Å². The first-order valence-electron chi connectivity index (χ1n) is 7.66. The molecule has 0 N–H and O–H groups in total. The molecule has 0 unspecified atom stereocenters. The van der Waals surface area contributed by atoms with Gasteiger partial charge in [-0.15, -0.1) is 0 Å². The second-order valence-electron chi connectivity index (χ2n) is 2.12. The maximum Gasteiger partial charge on any atom is 0.0228 e. The molecule has 0 atom stereocenters. The third-order valence-electron chi connectivity index (χ3n) is 0. The Kier molecular flexibility index (Phi) is 352. The second-order valence-corrected chi connectivity index (χ2v) is 2.12. The van der Waals surface area contributed by atoms with Gasteiger partial charge in [0.15, 0.2) is 0 Å². The quantitative estimate of drug-likeness (QED) is 0.395. The largest absolute Gasteiger partial charge is 0.0776 e. The monoisotopic (exact) mass is 232 g/mol. The molecule has 0 spiro atoms. The zero-order valence-electron chi connectivity index (χ0n) is 14.8. The molecule has 0 nitrogen and oxygen atoms in total. The Labute approximate surface area is 108 Å². The maximum atomic E-state index is 6.21. The van der Waals surface area contributed by atoms with Gasteiger partial charge in [0.25, 0.3) is 0 Å². The Balaban J connectivity index is -0.00000000611. The lowest BCUT2D eigenvalue weighted by Gasteiger charge is -1.48. The molecule has 0 aliphatic rings. The molecule has 0 heteroatoms. The van der Waals surface area contributed by atoms with Gasteiger partial charge in [0.05, 0.1) is 0 Å². The second kappa shape index (κ2) is 208. The van der Waals surface area contributed by atoms with E-state index in [9.17, 15) is 0 Å². The minimum atomic E-state index is 0. The van der Waals surface area contributed by atoms with E-state index in [1.165, 1.54) is 19.3 Å². The van der Waals surface area contributed by atoms with Gasteiger partial charge in [-0.1, -0.05) is 96.9 Å². The van der Waals surface area contributed by atoms with Crippen LogP contribution in [0.25, 0.3) is 0 Å². The van der Waals surface area contributed by atoms with E-state index in [1.54, 1.807) is 6.92 Å². The lowest BCUT2D eigenvalue weighted by Crippen LogP contribution is -1.27. The molecule has 0 aliphatic heterocycles. The smallest absolute Gasteiger partial charge is 0.0228 e. The van der Waals surface area contributed by atoms with E-state index < -0.39 is 0 Å². The summed E-state index contributed by atoms with van der Waals surface area (Å²) in [6.45, 7) is 15.0. The van der Waals surface area contributed by atoms with Crippen LogP contribution in [0.3, 0.4) is 0 Å². The molecular weight excluding hydrogens is 168 g/mol. The molecule has 0 aliphatic carbocycles. The summed E-state index contributed by atoms with van der Waals surface area (Å²) >= 11 is 0. The fraction of sp³-hybridized carbons (Fsp3) is 1.00. The lowest BCUT2D eigenvalue weighted by atomic mass is 10.6. The number of hydrogen-bond donors (Lipinski definition) is 0. The van der Waals surface area contributed by atoms with Crippen LogP contribution in [0.15, 0.2) is 0 Å². The van der Waals surface area contributed by atoms with Crippen molar-refractivity contribution < 1.29 is 10.2 Å². The lowest BCUT2D eigenvalue weighted by molar-refractivity contribution is 1.09. The molecule has 0 saturated carbocycles. The summed E-state index contributed by atoms with van der Waals surface area (Å²) in [5, 5.41) is 0. The van der Waals surface area contributed by atoms with Crippen molar-refractivity contribution in [1.82, 2.24) is 0 Å². The van der Waals surface area contributed by atoms with Crippen LogP contribution in [-0.2, 0) is 0 Å². The molecule has 0 bridgehead atoms. The first kappa shape index (κ1) is 23.7. The number of hydrogen-bond acceptors (Lipinski definition) is 0. The zero-order valence-corrected chi connectivity index (χ0v) is 9.83. The average Bonchev–Trinajstić information content (AvgIpc) is 2.27. The van der Waals surface area contributed by atoms with Crippen LogP contribution in [0.5, 0.6) is 0 Å². The Hall–Kier alpha value is 0. The molecule has 0 fully saturated rings. The van der Waals surface area contributed by atoms with Crippen molar-refractivity contribution in [2.75, 3.05) is 0 Å². The fourth-order valence-corrected chi connectivity index (χ4v) is 0. The summed E-state index contributed by atoms with van der Waals surface area (Å²) in [5.41, 5.74) is 0. The van der Waals surface area contributed by atoms with E-state index in [0.29, 0.717) is 6.90 Å². The molecule has 0 rings (SSSR count). The van der Waals surface area contributed by atoms with Gasteiger partial charge in [0.2, 0.25) is 0 Å². The van der Waals surface area contributed by atoms with Crippen molar-refractivity contribution in [2.24, 2.45) is 0 Å². The molecular formula is C14H50. The fourth-order valence-electron chi connectivity index (χ4n) is 0. The van der Waals surface area contributed by atoms with E-state index >= 15 is 0 Å². The molecule has 14 heavy (non-hydrogen) atoms. The van der Waals surface area contributed by atoms with Crippen LogP contribution in [0.1, 0.15) is 107 Å². The van der Waals surface area contributed by atoms with Crippen LogP contribution < -0.4 is 0 Å². The zero-order chi connectivity index (χ0) is 14.8. The topological polar surface area (TPSA) is 0 Å². The SMILES string of the molecule is C.C.C.CCC.CCC.CCC.[3HH].[3HH].[3H]CC.[3H][3H].[3H][3H]. The van der Waals surface area contributed by atoms with Gasteiger partial charge in [-0.05, 0) is 0 Å². The van der Waals surface area contributed by atoms with Crippen LogP contribution >= 0.6 is 0 Å². The summed E-state index contributed by atoms with van der Waals surface area (Å²) in [7, 11) is 0. The van der Waals surface area contributed by atoms with Crippen LogP contribution in [-0.4, -0.2) is 0 Å². The predicted octanol–water partition coefficient (Wildman–Crippen LogP) is 8.17. The summed E-state index contributed by atoms with van der Waals surface area (Å²) in [4.78, 5) is 0. The van der Waals surface area contributed by atoms with Crippen molar-refractivity contribution in [2.45, 2.75) is 96.9 Å². The third kappa shape index (κ3) is 0. The van der Waals surface area contributed by atoms with Gasteiger partial charge >= 0.3 is 0 Å². The van der Waals surface area contributed by atoms with Crippen molar-refractivity contribution in [1.29, 1.82) is 0 Å². The molecule has 0 amide bonds. The van der Waals surface area contributed by atoms with E-state index in [0.717, 1.165) is 0 Å². The van der Waals surface area contributed by atoms with Crippen LogP contribution in [0.2, 0.25) is 0 Å². The first-order chi connectivity index (χ1) is 7.66. The first-order valence-corrected chi connectivity index (χ1v) is 4.95. The van der Waals surface area contributed by atoms with Crippen molar-refractivity contribution in [3.05, 3.63) is 0 Å². The highest BCUT2D eigenvalue weighted by Gasteiger charge is 1.36. The van der Waals surface area contributed by atoms with Crippen LogP contribution in [0, 0.1) is 0 Å². The van der Waals surface area contributed by atoms with Gasteiger partial charge in [-0.3, -0.25) is 0 Å². The van der Waals surface area contributed by atoms with Crippen molar-refractivity contribution in [3.8, 4) is 0 Å². The van der Waals surface area contributed by atoms with E-state index in [1.807, 2.05) is 0 Å². The predicted molar refractivity (Wildman–Crippen MR) is 87.9 cm³/mol. The van der Waals surface area contributed by atoms with Gasteiger partial charge in [0, 0.05) is 10.2 Å². The Morgan fingerprint density at radius 3 is 0.786 bits per heavy atom. The Morgan fingerprint density at radius 2 is 0.786 bits per heavy atom. The molecule has 0 aromatic rings. The molecule has 106 valence electrons. The van der Waals surface area contributed by atoms with Gasteiger partial charge in [-0.2, -0.15) is 0 Å². The normalized spacial score (nSPS) is 6.36. The van der Waals surface area contributed by atoms with E-state index in [4.69, 9.17) is 7.31 Å². The van der Waals surface area contributed by atoms with E-state index in [-0.39, 0.29) is 25.1 Å². The highest BCUT2D eigenvalue weighted by Crippen LogP contribution is 1.56. The Bertz CT molecular complexity index is 27.3. The molecule has 0 heterocycles. The van der Waals surface area contributed by atoms with Gasteiger partial charge in [-0.25, -0.2) is 0 Å². The maximum absolute atomic E-state index is 6.21. The molecule has 0 saturated heterocycles. The number of rotatable bonds is 0. The Morgan fingerprint density at radius 1 is 0.786 bits per heavy atom. The van der Waals surface area contributed by atoms with Gasteiger partial charge < -0.3 is 0 Å². The van der Waals surface area contributed by atoms with Crippen molar-refractivity contribution >= 4 is 0 Å². The third-order valence-corrected chi connectivity index (χ3v) is 0. The van der Waals surface area contributed by atoms with Gasteiger partial charge in [0.1, 0.15) is 0 Å². The van der Waals surface area contributed by atoms with Crippen molar-refractivity contribution in [3.63, 3.8) is 0 Å². The standard InChI is InChI=1S/3C3H8.C2H6.3CH4.4H2/c3*1-3-2;1-2;;;;;;;/h3*3H2,1-2H3;1-2H3;3*1H4;4*1H/i;;;1T;;;;2*1+2T;2*1+2. The summed E-state index contributed by atoms with van der Waals surface area (Å²) in [6, 6.07) is 0. The highest BCUT2D eigenvalue weighted by molar-refractivity contribution is 3.92. The minimum absolute atomic E-state index is 0. The molecule has 0 aromatic heterocycles. The average molecular weight is 233 g/mol.